The molecule has 2 N–H and O–H groups in total. The van der Waals surface area contributed by atoms with E-state index in [-0.39, 0.29) is 11.9 Å². The van der Waals surface area contributed by atoms with Gasteiger partial charge in [0.05, 0.1) is 0 Å². The number of aryl methyl sites for hydroxylation is 1. The highest BCUT2D eigenvalue weighted by Crippen LogP contribution is 2.31. The first kappa shape index (κ1) is 13.1. The number of amides is 1. The molecule has 0 aliphatic carbocycles. The number of fused-ring (bicyclic) bond motifs is 1. The van der Waals surface area contributed by atoms with Crippen LogP contribution >= 0.6 is 0 Å². The number of benzene rings is 1. The van der Waals surface area contributed by atoms with Crippen molar-refractivity contribution < 1.29 is 4.79 Å². The van der Waals surface area contributed by atoms with Gasteiger partial charge < -0.3 is 10.6 Å². The zero-order chi connectivity index (χ0) is 13.1. The van der Waals surface area contributed by atoms with Crippen LogP contribution in [0.4, 0.5) is 5.69 Å². The molecule has 0 fully saturated rings. The molecule has 0 radical (unpaired) electrons. The Morgan fingerprint density at radius 3 is 2.89 bits per heavy atom. The molecule has 98 valence electrons. The molecular weight excluding hydrogens is 224 g/mol. The highest BCUT2D eigenvalue weighted by atomic mass is 16.2. The van der Waals surface area contributed by atoms with Gasteiger partial charge in [-0.3, -0.25) is 4.79 Å². The summed E-state index contributed by atoms with van der Waals surface area (Å²) in [6.07, 6.45) is 2.31. The van der Waals surface area contributed by atoms with Crippen LogP contribution in [0.1, 0.15) is 43.9 Å². The van der Waals surface area contributed by atoms with E-state index in [9.17, 15) is 4.79 Å². The van der Waals surface area contributed by atoms with Crippen LogP contribution in [0.2, 0.25) is 0 Å². The molecule has 1 unspecified atom stereocenters. The lowest BCUT2D eigenvalue weighted by atomic mass is 10.0. The summed E-state index contributed by atoms with van der Waals surface area (Å²) in [5.74, 6) is 0.791. The minimum atomic E-state index is -0.174. The van der Waals surface area contributed by atoms with Crippen LogP contribution < -0.4 is 10.6 Å². The van der Waals surface area contributed by atoms with E-state index in [1.54, 1.807) is 0 Å². The minimum absolute atomic E-state index is 0.0696. The van der Waals surface area contributed by atoms with Crippen molar-refractivity contribution in [3.05, 3.63) is 29.3 Å². The molecule has 1 atom stereocenters. The van der Waals surface area contributed by atoms with Crippen molar-refractivity contribution in [3.63, 3.8) is 0 Å². The Hall–Kier alpha value is -1.35. The van der Waals surface area contributed by atoms with E-state index in [4.69, 9.17) is 0 Å². The zero-order valence-corrected chi connectivity index (χ0v) is 11.4. The van der Waals surface area contributed by atoms with Gasteiger partial charge in [-0.05, 0) is 38.3 Å². The molecule has 0 saturated heterocycles. The fourth-order valence-corrected chi connectivity index (χ4v) is 2.34. The van der Waals surface area contributed by atoms with Crippen molar-refractivity contribution in [1.82, 2.24) is 5.32 Å². The minimum Gasteiger partial charge on any atom is -0.324 e. The van der Waals surface area contributed by atoms with E-state index in [0.717, 1.165) is 30.1 Å². The van der Waals surface area contributed by atoms with Crippen molar-refractivity contribution in [2.45, 2.75) is 39.7 Å². The Kier molecular flexibility index (Phi) is 4.02. The maximum absolute atomic E-state index is 11.9. The molecule has 3 heteroatoms. The number of anilines is 1. The third kappa shape index (κ3) is 2.91. The Balaban J connectivity index is 1.97. The molecule has 0 aromatic heterocycles. The predicted molar refractivity (Wildman–Crippen MR) is 74.6 cm³/mol. The topological polar surface area (TPSA) is 41.1 Å². The van der Waals surface area contributed by atoms with Crippen molar-refractivity contribution in [2.75, 3.05) is 11.9 Å². The Bertz CT molecular complexity index is 440. The van der Waals surface area contributed by atoms with Crippen molar-refractivity contribution >= 4 is 11.6 Å². The lowest BCUT2D eigenvalue weighted by Gasteiger charge is -2.12. The van der Waals surface area contributed by atoms with E-state index < -0.39 is 0 Å². The summed E-state index contributed by atoms with van der Waals surface area (Å²) < 4.78 is 0. The monoisotopic (exact) mass is 246 g/mol. The van der Waals surface area contributed by atoms with Crippen LogP contribution in [0.5, 0.6) is 0 Å². The van der Waals surface area contributed by atoms with Gasteiger partial charge in [0.2, 0.25) is 5.91 Å². The van der Waals surface area contributed by atoms with Gasteiger partial charge in [0.1, 0.15) is 6.04 Å². The van der Waals surface area contributed by atoms with Crippen LogP contribution in [0.3, 0.4) is 0 Å². The number of carbonyl (C=O) groups is 1. The van der Waals surface area contributed by atoms with Crippen LogP contribution in [-0.4, -0.2) is 12.5 Å². The van der Waals surface area contributed by atoms with Gasteiger partial charge in [-0.1, -0.05) is 31.5 Å². The highest BCUT2D eigenvalue weighted by molar-refractivity contribution is 6.02. The fourth-order valence-electron chi connectivity index (χ4n) is 2.34. The molecular formula is C15H22N2O. The van der Waals surface area contributed by atoms with E-state index in [0.29, 0.717) is 0 Å². The predicted octanol–water partition coefficient (Wildman–Crippen LogP) is 3.01. The highest BCUT2D eigenvalue weighted by Gasteiger charge is 2.29. The summed E-state index contributed by atoms with van der Waals surface area (Å²) in [5, 5.41) is 6.28. The van der Waals surface area contributed by atoms with Crippen LogP contribution in [0, 0.1) is 12.8 Å². The quantitative estimate of drug-likeness (QED) is 0.784. The van der Waals surface area contributed by atoms with Gasteiger partial charge in [-0.15, -0.1) is 0 Å². The molecule has 1 aliphatic rings. The summed E-state index contributed by atoms with van der Waals surface area (Å²) in [6.45, 7) is 7.39. The van der Waals surface area contributed by atoms with E-state index in [1.165, 1.54) is 12.0 Å². The standard InChI is InChI=1S/C15H22N2O/c1-10(2)5-4-8-16-14-12-9-11(3)6-7-13(12)17-15(14)18/h6-7,9-10,14,16H,4-5,8H2,1-3H3,(H,17,18). The van der Waals surface area contributed by atoms with Crippen molar-refractivity contribution in [2.24, 2.45) is 5.92 Å². The molecule has 1 heterocycles. The second kappa shape index (κ2) is 5.53. The van der Waals surface area contributed by atoms with Gasteiger partial charge >= 0.3 is 0 Å². The average molecular weight is 246 g/mol. The summed E-state index contributed by atoms with van der Waals surface area (Å²) in [6, 6.07) is 5.93. The fraction of sp³-hybridized carbons (Fsp3) is 0.533. The first-order chi connectivity index (χ1) is 8.58. The molecule has 0 bridgehead atoms. The number of rotatable bonds is 5. The molecule has 2 rings (SSSR count). The van der Waals surface area contributed by atoms with Crippen LogP contribution in [-0.2, 0) is 4.79 Å². The molecule has 1 aliphatic heterocycles. The molecule has 0 spiro atoms. The second-order valence-electron chi connectivity index (χ2n) is 5.50. The molecule has 1 amide bonds. The third-order valence-electron chi connectivity index (χ3n) is 3.34. The summed E-state index contributed by atoms with van der Waals surface area (Å²) in [5.41, 5.74) is 3.23. The third-order valence-corrected chi connectivity index (χ3v) is 3.34. The molecule has 1 aromatic carbocycles. The number of nitrogens with one attached hydrogen (secondary N) is 2. The zero-order valence-electron chi connectivity index (χ0n) is 11.4. The van der Waals surface area contributed by atoms with Crippen molar-refractivity contribution in [3.8, 4) is 0 Å². The Labute approximate surface area is 109 Å². The van der Waals surface area contributed by atoms with E-state index in [2.05, 4.69) is 37.5 Å². The van der Waals surface area contributed by atoms with Gasteiger partial charge in [-0.2, -0.15) is 0 Å². The van der Waals surface area contributed by atoms with E-state index in [1.807, 2.05) is 12.1 Å². The summed E-state index contributed by atoms with van der Waals surface area (Å²) in [4.78, 5) is 11.9. The maximum atomic E-state index is 11.9. The number of carbonyl (C=O) groups excluding carboxylic acids is 1. The summed E-state index contributed by atoms with van der Waals surface area (Å²) >= 11 is 0. The van der Waals surface area contributed by atoms with Gasteiger partial charge in [0.25, 0.3) is 0 Å². The number of hydrogen-bond donors (Lipinski definition) is 2. The summed E-state index contributed by atoms with van der Waals surface area (Å²) in [7, 11) is 0. The lowest BCUT2D eigenvalue weighted by Crippen LogP contribution is -2.28. The number of hydrogen-bond acceptors (Lipinski definition) is 2. The van der Waals surface area contributed by atoms with Gasteiger partial charge in [0.15, 0.2) is 0 Å². The Morgan fingerprint density at radius 1 is 1.39 bits per heavy atom. The normalized spacial score (nSPS) is 18.0. The van der Waals surface area contributed by atoms with Crippen molar-refractivity contribution in [1.29, 1.82) is 0 Å². The average Bonchev–Trinajstić information content (AvgIpc) is 2.60. The lowest BCUT2D eigenvalue weighted by molar-refractivity contribution is -0.117. The molecule has 3 nitrogen and oxygen atoms in total. The van der Waals surface area contributed by atoms with Gasteiger partial charge in [-0.25, -0.2) is 0 Å². The maximum Gasteiger partial charge on any atom is 0.246 e. The van der Waals surface area contributed by atoms with Crippen LogP contribution in [0.25, 0.3) is 0 Å². The SMILES string of the molecule is Cc1ccc2c(c1)C(NCCCC(C)C)C(=O)N2. The van der Waals surface area contributed by atoms with Gasteiger partial charge in [0, 0.05) is 11.3 Å². The first-order valence-corrected chi connectivity index (χ1v) is 6.72. The largest absolute Gasteiger partial charge is 0.324 e. The molecule has 1 aromatic rings. The Morgan fingerprint density at radius 2 is 2.17 bits per heavy atom. The smallest absolute Gasteiger partial charge is 0.246 e. The molecule has 18 heavy (non-hydrogen) atoms. The first-order valence-electron chi connectivity index (χ1n) is 6.72. The van der Waals surface area contributed by atoms with Crippen LogP contribution in [0.15, 0.2) is 18.2 Å². The second-order valence-corrected chi connectivity index (χ2v) is 5.50. The molecule has 0 saturated carbocycles. The van der Waals surface area contributed by atoms with E-state index >= 15 is 0 Å².